The van der Waals surface area contributed by atoms with Gasteiger partial charge in [0.15, 0.2) is 17.5 Å². The number of hydrogen-bond acceptors (Lipinski definition) is 3. The maximum Gasteiger partial charge on any atom is 0.164 e. The van der Waals surface area contributed by atoms with Gasteiger partial charge in [0.05, 0.1) is 0 Å². The second kappa shape index (κ2) is 11.6. The largest absolute Gasteiger partial charge is 0.208 e. The maximum atomic E-state index is 15.4. The fourth-order valence-corrected chi connectivity index (χ4v) is 7.34. The van der Waals surface area contributed by atoms with Crippen LogP contribution in [-0.2, 0) is 10.8 Å². The van der Waals surface area contributed by atoms with Crippen LogP contribution in [0.25, 0.3) is 45.3 Å². The summed E-state index contributed by atoms with van der Waals surface area (Å²) in [5, 5.41) is 0. The lowest BCUT2D eigenvalue weighted by atomic mass is 9.63. The van der Waals surface area contributed by atoms with Gasteiger partial charge in [-0.25, -0.2) is 19.3 Å². The van der Waals surface area contributed by atoms with Crippen LogP contribution in [0.15, 0.2) is 91.0 Å². The van der Waals surface area contributed by atoms with Crippen LogP contribution >= 0.6 is 0 Å². The standard InChI is InChI=1S/C41H42FN3/c1-40(2)21-22-41(3,4)36-26-31(19-20-35(36)40)32-23-33(25-34(42)24-32)39-44-37(29-13-9-6-10-14-29)43-38(45-39)30-17-15-28(16-18-30)27-11-7-5-8-12-27/h6,9-10,13-20,23-27H,5,7-8,11-12,21-22H2,1-4H3. The molecule has 45 heavy (non-hydrogen) atoms. The Bertz CT molecular complexity index is 1830. The quantitative estimate of drug-likeness (QED) is 0.203. The topological polar surface area (TPSA) is 38.7 Å². The van der Waals surface area contributed by atoms with Gasteiger partial charge in [-0.05, 0) is 88.4 Å². The molecule has 5 aromatic rings. The SMILES string of the molecule is CC1(C)CCC(C)(C)c2cc(-c3cc(F)cc(-c4nc(-c5ccccc5)nc(-c5ccc(C6CCCCC6)cc5)n4)c3)ccc21. The van der Waals surface area contributed by atoms with Gasteiger partial charge in [0.25, 0.3) is 0 Å². The van der Waals surface area contributed by atoms with E-state index >= 15 is 4.39 Å². The second-order valence-corrected chi connectivity index (χ2v) is 14.4. The number of rotatable bonds is 5. The molecule has 2 aliphatic rings. The summed E-state index contributed by atoms with van der Waals surface area (Å²) in [5.74, 6) is 1.97. The highest BCUT2D eigenvalue weighted by Gasteiger charge is 2.37. The molecule has 2 aliphatic carbocycles. The summed E-state index contributed by atoms with van der Waals surface area (Å²) in [6.45, 7) is 9.29. The number of nitrogens with zero attached hydrogens (tertiary/aromatic N) is 3. The molecule has 1 aromatic heterocycles. The Morgan fingerprint density at radius 2 is 1.09 bits per heavy atom. The minimum absolute atomic E-state index is 0.0667. The van der Waals surface area contributed by atoms with Gasteiger partial charge in [-0.15, -0.1) is 0 Å². The van der Waals surface area contributed by atoms with Crippen LogP contribution < -0.4 is 0 Å². The van der Waals surface area contributed by atoms with Gasteiger partial charge >= 0.3 is 0 Å². The molecule has 0 unspecified atom stereocenters. The van der Waals surface area contributed by atoms with Crippen LogP contribution in [-0.4, -0.2) is 15.0 Å². The summed E-state index contributed by atoms with van der Waals surface area (Å²) in [7, 11) is 0. The molecule has 0 spiro atoms. The number of halogens is 1. The van der Waals surface area contributed by atoms with Gasteiger partial charge in [-0.1, -0.05) is 120 Å². The molecule has 4 heteroatoms. The highest BCUT2D eigenvalue weighted by atomic mass is 19.1. The van der Waals surface area contributed by atoms with Crippen LogP contribution in [0.2, 0.25) is 0 Å². The lowest BCUT2D eigenvalue weighted by Crippen LogP contribution is -2.33. The van der Waals surface area contributed by atoms with Gasteiger partial charge < -0.3 is 0 Å². The van der Waals surface area contributed by atoms with Crippen molar-refractivity contribution in [3.63, 3.8) is 0 Å². The lowest BCUT2D eigenvalue weighted by molar-refractivity contribution is 0.332. The molecule has 7 rings (SSSR count). The molecule has 0 amide bonds. The first-order chi connectivity index (χ1) is 21.7. The molecule has 0 radical (unpaired) electrons. The van der Waals surface area contributed by atoms with Crippen LogP contribution in [0, 0.1) is 5.82 Å². The van der Waals surface area contributed by atoms with E-state index in [2.05, 4.69) is 70.2 Å². The van der Waals surface area contributed by atoms with Gasteiger partial charge in [0.2, 0.25) is 0 Å². The van der Waals surface area contributed by atoms with E-state index in [4.69, 9.17) is 15.0 Å². The number of hydrogen-bond donors (Lipinski definition) is 0. The molecular formula is C41H42FN3. The highest BCUT2D eigenvalue weighted by molar-refractivity contribution is 5.74. The second-order valence-electron chi connectivity index (χ2n) is 14.4. The Morgan fingerprint density at radius 3 is 1.76 bits per heavy atom. The van der Waals surface area contributed by atoms with Crippen LogP contribution in [0.3, 0.4) is 0 Å². The third-order valence-corrected chi connectivity index (χ3v) is 10.3. The Labute approximate surface area is 267 Å². The van der Waals surface area contributed by atoms with Crippen LogP contribution in [0.5, 0.6) is 0 Å². The third-order valence-electron chi connectivity index (χ3n) is 10.3. The van der Waals surface area contributed by atoms with Crippen molar-refractivity contribution in [2.75, 3.05) is 0 Å². The molecule has 1 heterocycles. The van der Waals surface area contributed by atoms with Gasteiger partial charge in [0, 0.05) is 16.7 Å². The average molecular weight is 596 g/mol. The summed E-state index contributed by atoms with van der Waals surface area (Å²) in [5.41, 5.74) is 8.64. The smallest absolute Gasteiger partial charge is 0.164 e. The zero-order valence-electron chi connectivity index (χ0n) is 26.9. The molecule has 4 aromatic carbocycles. The predicted molar refractivity (Wildman–Crippen MR) is 183 cm³/mol. The molecule has 1 saturated carbocycles. The van der Waals surface area contributed by atoms with E-state index in [0.717, 1.165) is 35.1 Å². The first-order valence-corrected chi connectivity index (χ1v) is 16.5. The fraction of sp³-hybridized carbons (Fsp3) is 0.341. The zero-order chi connectivity index (χ0) is 31.2. The molecule has 0 saturated heterocycles. The van der Waals surface area contributed by atoms with E-state index in [1.807, 2.05) is 36.4 Å². The first-order valence-electron chi connectivity index (χ1n) is 16.5. The Balaban J connectivity index is 1.31. The van der Waals surface area contributed by atoms with Crippen molar-refractivity contribution in [2.24, 2.45) is 0 Å². The van der Waals surface area contributed by atoms with Crippen molar-refractivity contribution in [3.8, 4) is 45.3 Å². The highest BCUT2D eigenvalue weighted by Crippen LogP contribution is 2.47. The molecule has 0 N–H and O–H groups in total. The molecule has 0 aliphatic heterocycles. The Morgan fingerprint density at radius 1 is 0.533 bits per heavy atom. The number of fused-ring (bicyclic) bond motifs is 1. The van der Waals surface area contributed by atoms with E-state index < -0.39 is 0 Å². The first kappa shape index (κ1) is 29.5. The Kier molecular flexibility index (Phi) is 7.63. The van der Waals surface area contributed by atoms with E-state index in [0.29, 0.717) is 29.0 Å². The average Bonchev–Trinajstić information content (AvgIpc) is 3.07. The minimum atomic E-state index is -0.306. The van der Waals surface area contributed by atoms with E-state index in [9.17, 15) is 0 Å². The third kappa shape index (κ3) is 5.95. The predicted octanol–water partition coefficient (Wildman–Crippen LogP) is 11.1. The van der Waals surface area contributed by atoms with E-state index in [-0.39, 0.29) is 16.6 Å². The van der Waals surface area contributed by atoms with E-state index in [1.54, 1.807) is 6.07 Å². The monoisotopic (exact) mass is 595 g/mol. The fourth-order valence-electron chi connectivity index (χ4n) is 7.34. The molecule has 0 bridgehead atoms. The zero-order valence-corrected chi connectivity index (χ0v) is 26.9. The normalized spacial score (nSPS) is 17.5. The summed E-state index contributed by atoms with van der Waals surface area (Å²) < 4.78 is 15.4. The van der Waals surface area contributed by atoms with Crippen molar-refractivity contribution in [3.05, 3.63) is 114 Å². The number of aromatic nitrogens is 3. The lowest BCUT2D eigenvalue weighted by Gasteiger charge is -2.42. The van der Waals surface area contributed by atoms with E-state index in [1.165, 1.54) is 54.9 Å². The van der Waals surface area contributed by atoms with Crippen molar-refractivity contribution < 1.29 is 4.39 Å². The molecule has 0 atom stereocenters. The molecule has 3 nitrogen and oxygen atoms in total. The van der Waals surface area contributed by atoms with Crippen molar-refractivity contribution in [2.45, 2.75) is 89.4 Å². The van der Waals surface area contributed by atoms with Gasteiger partial charge in [0.1, 0.15) is 5.82 Å². The van der Waals surface area contributed by atoms with Crippen LogP contribution in [0.1, 0.15) is 95.2 Å². The molecule has 1 fully saturated rings. The van der Waals surface area contributed by atoms with Gasteiger partial charge in [-0.2, -0.15) is 0 Å². The van der Waals surface area contributed by atoms with Crippen molar-refractivity contribution in [1.82, 2.24) is 15.0 Å². The molecule has 228 valence electrons. The summed E-state index contributed by atoms with van der Waals surface area (Å²) in [6.07, 6.45) is 8.76. The Hall–Kier alpha value is -4.18. The van der Waals surface area contributed by atoms with Crippen molar-refractivity contribution in [1.29, 1.82) is 0 Å². The summed E-state index contributed by atoms with van der Waals surface area (Å²) >= 11 is 0. The van der Waals surface area contributed by atoms with Gasteiger partial charge in [-0.3, -0.25) is 0 Å². The van der Waals surface area contributed by atoms with Crippen LogP contribution in [0.4, 0.5) is 4.39 Å². The summed E-state index contributed by atoms with van der Waals surface area (Å²) in [4.78, 5) is 14.7. The maximum absolute atomic E-state index is 15.4. The summed E-state index contributed by atoms with van der Waals surface area (Å²) in [6, 6.07) is 30.5. The van der Waals surface area contributed by atoms with Crippen molar-refractivity contribution >= 4 is 0 Å². The molecular weight excluding hydrogens is 553 g/mol. The number of benzene rings is 4. The minimum Gasteiger partial charge on any atom is -0.208 e.